The van der Waals surface area contributed by atoms with E-state index >= 15 is 0 Å². The summed E-state index contributed by atoms with van der Waals surface area (Å²) in [7, 11) is 0. The third-order valence-corrected chi connectivity index (χ3v) is 5.98. The minimum atomic E-state index is -0.492. The van der Waals surface area contributed by atoms with Crippen molar-refractivity contribution in [1.82, 2.24) is 15.2 Å². The molecular weight excluding hydrogens is 418 g/mol. The standard InChI is InChI=1S/C19H12F2N4O2S2/c20-11-6-4-10(5-7-11)17(27)23-18-24-25-19(29-18)28-9-12-8-15(26)13-2-1-3-14(21)16(13)22-12/h1-8H,9H2,(H,22,26)(H,23,24,27). The lowest BCUT2D eigenvalue weighted by Crippen LogP contribution is -2.11. The summed E-state index contributed by atoms with van der Waals surface area (Å²) in [5.41, 5.74) is 0.745. The molecule has 0 unspecified atom stereocenters. The summed E-state index contributed by atoms with van der Waals surface area (Å²) in [5, 5.41) is 11.1. The summed E-state index contributed by atoms with van der Waals surface area (Å²) in [6.07, 6.45) is 0. The third kappa shape index (κ3) is 4.33. The number of H-pyrrole nitrogens is 1. The highest BCUT2D eigenvalue weighted by Gasteiger charge is 2.12. The molecule has 2 aromatic heterocycles. The van der Waals surface area contributed by atoms with Crippen molar-refractivity contribution in [3.05, 3.63) is 81.6 Å². The molecule has 0 spiro atoms. The second kappa shape index (κ2) is 8.10. The van der Waals surface area contributed by atoms with Crippen LogP contribution in [0.1, 0.15) is 16.1 Å². The number of fused-ring (bicyclic) bond motifs is 1. The van der Waals surface area contributed by atoms with Crippen LogP contribution in [0, 0.1) is 11.6 Å². The predicted octanol–water partition coefficient (Wildman–Crippen LogP) is 4.20. The van der Waals surface area contributed by atoms with Gasteiger partial charge in [0.25, 0.3) is 5.91 Å². The first-order valence-corrected chi connectivity index (χ1v) is 10.1. The predicted molar refractivity (Wildman–Crippen MR) is 108 cm³/mol. The number of pyridine rings is 1. The first-order valence-electron chi connectivity index (χ1n) is 8.33. The van der Waals surface area contributed by atoms with E-state index in [0.29, 0.717) is 31.9 Å². The van der Waals surface area contributed by atoms with Crippen LogP contribution in [0.4, 0.5) is 13.9 Å². The van der Waals surface area contributed by atoms with Gasteiger partial charge in [-0.15, -0.1) is 10.2 Å². The van der Waals surface area contributed by atoms with Crippen LogP contribution in [0.5, 0.6) is 0 Å². The highest BCUT2D eigenvalue weighted by molar-refractivity contribution is 8.00. The third-order valence-electron chi connectivity index (χ3n) is 3.95. The fraction of sp³-hybridized carbons (Fsp3) is 0.0526. The minimum absolute atomic E-state index is 0.167. The van der Waals surface area contributed by atoms with Crippen molar-refractivity contribution < 1.29 is 13.6 Å². The van der Waals surface area contributed by atoms with Gasteiger partial charge in [0.2, 0.25) is 5.13 Å². The molecule has 146 valence electrons. The highest BCUT2D eigenvalue weighted by Crippen LogP contribution is 2.28. The van der Waals surface area contributed by atoms with Crippen molar-refractivity contribution in [3.63, 3.8) is 0 Å². The lowest BCUT2D eigenvalue weighted by Gasteiger charge is -2.04. The number of carbonyl (C=O) groups is 1. The van der Waals surface area contributed by atoms with Gasteiger partial charge in [-0.3, -0.25) is 14.9 Å². The van der Waals surface area contributed by atoms with E-state index in [2.05, 4.69) is 20.5 Å². The van der Waals surface area contributed by atoms with Crippen molar-refractivity contribution in [1.29, 1.82) is 0 Å². The van der Waals surface area contributed by atoms with Gasteiger partial charge in [-0.1, -0.05) is 29.2 Å². The van der Waals surface area contributed by atoms with Crippen LogP contribution in [0.15, 0.2) is 57.7 Å². The summed E-state index contributed by atoms with van der Waals surface area (Å²) in [5.74, 6) is -0.997. The van der Waals surface area contributed by atoms with Crippen LogP contribution in [-0.2, 0) is 5.75 Å². The molecule has 0 saturated carbocycles. The molecular formula is C19H12F2N4O2S2. The lowest BCUT2D eigenvalue weighted by molar-refractivity contribution is 0.102. The molecule has 0 fully saturated rings. The first kappa shape index (κ1) is 19.2. The Morgan fingerprint density at radius 3 is 2.72 bits per heavy atom. The van der Waals surface area contributed by atoms with Crippen LogP contribution in [0.2, 0.25) is 0 Å². The second-order valence-electron chi connectivity index (χ2n) is 5.94. The Balaban J connectivity index is 1.44. The number of nitrogens with zero attached hydrogens (tertiary/aromatic N) is 2. The Morgan fingerprint density at radius 1 is 1.14 bits per heavy atom. The summed E-state index contributed by atoms with van der Waals surface area (Å²) >= 11 is 2.45. The number of aromatic nitrogens is 3. The molecule has 0 aliphatic rings. The monoisotopic (exact) mass is 430 g/mol. The Kier molecular flexibility index (Phi) is 5.36. The Morgan fingerprint density at radius 2 is 1.93 bits per heavy atom. The van der Waals surface area contributed by atoms with E-state index in [1.165, 1.54) is 54.2 Å². The maximum absolute atomic E-state index is 13.9. The van der Waals surface area contributed by atoms with E-state index in [-0.39, 0.29) is 10.9 Å². The summed E-state index contributed by atoms with van der Waals surface area (Å²) in [6.45, 7) is 0. The Bertz CT molecular complexity index is 1260. The molecule has 4 rings (SSSR count). The van der Waals surface area contributed by atoms with Crippen molar-refractivity contribution in [2.24, 2.45) is 0 Å². The van der Waals surface area contributed by atoms with Gasteiger partial charge in [0.15, 0.2) is 9.77 Å². The summed E-state index contributed by atoms with van der Waals surface area (Å²) in [4.78, 5) is 27.2. The smallest absolute Gasteiger partial charge is 0.257 e. The second-order valence-corrected chi connectivity index (χ2v) is 8.14. The fourth-order valence-electron chi connectivity index (χ4n) is 2.60. The zero-order valence-electron chi connectivity index (χ0n) is 14.6. The Labute approximate surface area is 171 Å². The number of amides is 1. The average Bonchev–Trinajstić information content (AvgIpc) is 3.15. The maximum atomic E-state index is 13.9. The van der Waals surface area contributed by atoms with Crippen LogP contribution < -0.4 is 10.7 Å². The molecule has 0 aliphatic carbocycles. The highest BCUT2D eigenvalue weighted by atomic mass is 32.2. The van der Waals surface area contributed by atoms with E-state index in [9.17, 15) is 18.4 Å². The number of para-hydroxylation sites is 1. The van der Waals surface area contributed by atoms with Gasteiger partial charge in [-0.05, 0) is 36.4 Å². The van der Waals surface area contributed by atoms with E-state index < -0.39 is 17.5 Å². The number of hydrogen-bond donors (Lipinski definition) is 2. The molecule has 0 radical (unpaired) electrons. The van der Waals surface area contributed by atoms with Gasteiger partial charge in [-0.2, -0.15) is 0 Å². The molecule has 10 heteroatoms. The van der Waals surface area contributed by atoms with Crippen LogP contribution in [0.3, 0.4) is 0 Å². The Hall–Kier alpha value is -3.11. The number of nitrogens with one attached hydrogen (secondary N) is 2. The molecule has 1 amide bonds. The van der Waals surface area contributed by atoms with Crippen LogP contribution >= 0.6 is 23.1 Å². The number of thioether (sulfide) groups is 1. The SMILES string of the molecule is O=C(Nc1nnc(SCc2cc(=O)c3cccc(F)c3[nH]2)s1)c1ccc(F)cc1. The largest absolute Gasteiger partial charge is 0.355 e. The minimum Gasteiger partial charge on any atom is -0.355 e. The molecule has 2 heterocycles. The van der Waals surface area contributed by atoms with Gasteiger partial charge in [-0.25, -0.2) is 8.78 Å². The average molecular weight is 430 g/mol. The number of halogens is 2. The van der Waals surface area contributed by atoms with Crippen LogP contribution in [-0.4, -0.2) is 21.1 Å². The van der Waals surface area contributed by atoms with Gasteiger partial charge >= 0.3 is 0 Å². The molecule has 2 N–H and O–H groups in total. The normalized spacial score (nSPS) is 11.0. The van der Waals surface area contributed by atoms with Gasteiger partial charge in [0.1, 0.15) is 11.6 Å². The fourth-order valence-corrected chi connectivity index (χ4v) is 4.25. The van der Waals surface area contributed by atoms with Crippen molar-refractivity contribution in [2.75, 3.05) is 5.32 Å². The molecule has 0 saturated heterocycles. The molecule has 2 aromatic carbocycles. The van der Waals surface area contributed by atoms with Crippen LogP contribution in [0.25, 0.3) is 10.9 Å². The zero-order valence-corrected chi connectivity index (χ0v) is 16.2. The molecule has 0 bridgehead atoms. The molecule has 29 heavy (non-hydrogen) atoms. The van der Waals surface area contributed by atoms with Gasteiger partial charge in [0, 0.05) is 28.5 Å². The van der Waals surface area contributed by atoms with E-state index in [0.717, 1.165) is 11.3 Å². The summed E-state index contributed by atoms with van der Waals surface area (Å²) in [6, 6.07) is 10.9. The molecule has 4 aromatic rings. The summed E-state index contributed by atoms with van der Waals surface area (Å²) < 4.78 is 27.4. The molecule has 6 nitrogen and oxygen atoms in total. The molecule has 0 atom stereocenters. The number of rotatable bonds is 5. The lowest BCUT2D eigenvalue weighted by atomic mass is 10.2. The quantitative estimate of drug-likeness (QED) is 0.366. The zero-order chi connectivity index (χ0) is 20.4. The van der Waals surface area contributed by atoms with Crippen molar-refractivity contribution in [2.45, 2.75) is 10.1 Å². The van der Waals surface area contributed by atoms with E-state index in [1.807, 2.05) is 0 Å². The number of hydrogen-bond acceptors (Lipinski definition) is 6. The van der Waals surface area contributed by atoms with E-state index in [1.54, 1.807) is 6.07 Å². The molecule has 0 aliphatic heterocycles. The van der Waals surface area contributed by atoms with Gasteiger partial charge < -0.3 is 4.98 Å². The number of anilines is 1. The topological polar surface area (TPSA) is 87.7 Å². The van der Waals surface area contributed by atoms with Crippen molar-refractivity contribution >= 4 is 45.0 Å². The van der Waals surface area contributed by atoms with Crippen molar-refractivity contribution in [3.8, 4) is 0 Å². The number of benzene rings is 2. The van der Waals surface area contributed by atoms with Gasteiger partial charge in [0.05, 0.1) is 5.52 Å². The first-order chi connectivity index (χ1) is 14.0. The number of aromatic amines is 1. The number of carbonyl (C=O) groups excluding carboxylic acids is 1. The maximum Gasteiger partial charge on any atom is 0.257 e. The van der Waals surface area contributed by atoms with E-state index in [4.69, 9.17) is 0 Å².